The van der Waals surface area contributed by atoms with E-state index in [0.717, 1.165) is 22.9 Å². The van der Waals surface area contributed by atoms with Gasteiger partial charge >= 0.3 is 0 Å². The lowest BCUT2D eigenvalue weighted by molar-refractivity contribution is 0.0753. The van der Waals surface area contributed by atoms with Gasteiger partial charge in [-0.3, -0.25) is 4.79 Å². The van der Waals surface area contributed by atoms with Gasteiger partial charge in [0.1, 0.15) is 4.88 Å². The van der Waals surface area contributed by atoms with Crippen LogP contribution in [0.4, 0.5) is 5.69 Å². The van der Waals surface area contributed by atoms with E-state index in [-0.39, 0.29) is 11.9 Å². The minimum absolute atomic E-state index is 0.0671. The molecule has 1 aromatic carbocycles. The van der Waals surface area contributed by atoms with Crippen molar-refractivity contribution < 1.29 is 4.79 Å². The number of nitrogen functional groups attached to an aromatic ring is 1. The molecule has 6 heteroatoms. The van der Waals surface area contributed by atoms with Crippen LogP contribution in [0.5, 0.6) is 0 Å². The average molecular weight is 320 g/mol. The summed E-state index contributed by atoms with van der Waals surface area (Å²) in [6.45, 7) is 0.467. The Kier molecular flexibility index (Phi) is 3.75. The van der Waals surface area contributed by atoms with Crippen LogP contribution in [-0.2, 0) is 0 Å². The fourth-order valence-corrected chi connectivity index (χ4v) is 3.62. The lowest BCUT2D eigenvalue weighted by Gasteiger charge is -2.20. The standard InChI is InChI=1S/C15H14ClN3OS/c16-9-2-5-12-11(8-9)13(18)14(21-12)15(20)19(7-1-6-17)10-3-4-10/h2,5,8,10H,1,3-4,7,18H2. The summed E-state index contributed by atoms with van der Waals surface area (Å²) in [7, 11) is 0. The van der Waals surface area contributed by atoms with E-state index >= 15 is 0 Å². The van der Waals surface area contributed by atoms with Crippen LogP contribution in [0.3, 0.4) is 0 Å². The number of nitrogens with two attached hydrogens (primary N) is 1. The molecule has 4 nitrogen and oxygen atoms in total. The largest absolute Gasteiger partial charge is 0.397 e. The Morgan fingerprint density at radius 2 is 2.29 bits per heavy atom. The predicted octanol–water partition coefficient (Wildman–Crippen LogP) is 3.66. The summed E-state index contributed by atoms with van der Waals surface area (Å²) in [5.74, 6) is -0.0671. The van der Waals surface area contributed by atoms with Crippen LogP contribution in [-0.4, -0.2) is 23.4 Å². The van der Waals surface area contributed by atoms with Crippen molar-refractivity contribution in [2.24, 2.45) is 0 Å². The predicted molar refractivity (Wildman–Crippen MR) is 85.5 cm³/mol. The molecule has 0 atom stereocenters. The van der Waals surface area contributed by atoms with Gasteiger partial charge in [0.2, 0.25) is 0 Å². The van der Waals surface area contributed by atoms with Crippen molar-refractivity contribution >= 4 is 44.6 Å². The Hall–Kier alpha value is -1.77. The summed E-state index contributed by atoms with van der Waals surface area (Å²) in [6, 6.07) is 7.82. The first-order valence-corrected chi connectivity index (χ1v) is 7.96. The fourth-order valence-electron chi connectivity index (χ4n) is 2.38. The molecule has 1 aromatic heterocycles. The Labute approximate surface area is 131 Å². The smallest absolute Gasteiger partial charge is 0.266 e. The minimum atomic E-state index is -0.0671. The lowest BCUT2D eigenvalue weighted by Crippen LogP contribution is -2.33. The molecule has 1 fully saturated rings. The molecule has 1 heterocycles. The molecule has 1 aliphatic rings. The number of carbonyl (C=O) groups is 1. The van der Waals surface area contributed by atoms with Crippen LogP contribution in [0, 0.1) is 11.3 Å². The molecular weight excluding hydrogens is 306 g/mol. The highest BCUT2D eigenvalue weighted by Gasteiger charge is 2.34. The molecule has 0 aliphatic heterocycles. The maximum Gasteiger partial charge on any atom is 0.266 e. The van der Waals surface area contributed by atoms with Crippen molar-refractivity contribution in [2.75, 3.05) is 12.3 Å². The number of amides is 1. The number of nitrogens with zero attached hydrogens (tertiary/aromatic N) is 2. The first-order valence-electron chi connectivity index (χ1n) is 6.77. The average Bonchev–Trinajstić information content (AvgIpc) is 3.25. The number of benzene rings is 1. The zero-order valence-corrected chi connectivity index (χ0v) is 12.9. The monoisotopic (exact) mass is 319 g/mol. The van der Waals surface area contributed by atoms with E-state index in [1.807, 2.05) is 6.07 Å². The van der Waals surface area contributed by atoms with E-state index in [9.17, 15) is 4.79 Å². The maximum atomic E-state index is 12.7. The van der Waals surface area contributed by atoms with E-state index in [0.29, 0.717) is 28.6 Å². The number of halogens is 1. The third-order valence-electron chi connectivity index (χ3n) is 3.60. The number of thiophene rings is 1. The van der Waals surface area contributed by atoms with Crippen LogP contribution in [0.15, 0.2) is 18.2 Å². The highest BCUT2D eigenvalue weighted by Crippen LogP contribution is 2.38. The van der Waals surface area contributed by atoms with Crippen molar-refractivity contribution in [3.63, 3.8) is 0 Å². The number of fused-ring (bicyclic) bond motifs is 1. The summed E-state index contributed by atoms with van der Waals surface area (Å²) in [4.78, 5) is 15.1. The third kappa shape index (κ3) is 2.69. The number of rotatable bonds is 4. The number of carbonyl (C=O) groups excluding carboxylic acids is 1. The van der Waals surface area contributed by atoms with Crippen molar-refractivity contribution in [1.29, 1.82) is 5.26 Å². The molecular formula is C15H14ClN3OS. The molecule has 21 heavy (non-hydrogen) atoms. The number of hydrogen-bond acceptors (Lipinski definition) is 4. The van der Waals surface area contributed by atoms with Crippen molar-refractivity contribution in [3.8, 4) is 6.07 Å². The molecule has 0 radical (unpaired) electrons. The normalized spacial score (nSPS) is 14.1. The molecule has 2 N–H and O–H groups in total. The Morgan fingerprint density at radius 1 is 1.52 bits per heavy atom. The Balaban J connectivity index is 1.96. The van der Waals surface area contributed by atoms with Gasteiger partial charge in [0.15, 0.2) is 0 Å². The molecule has 3 rings (SSSR count). The molecule has 1 saturated carbocycles. The number of anilines is 1. The van der Waals surface area contributed by atoms with Crippen molar-refractivity contribution in [2.45, 2.75) is 25.3 Å². The van der Waals surface area contributed by atoms with E-state index in [2.05, 4.69) is 6.07 Å². The van der Waals surface area contributed by atoms with E-state index in [4.69, 9.17) is 22.6 Å². The van der Waals surface area contributed by atoms with Crippen LogP contribution in [0.2, 0.25) is 5.02 Å². The van der Waals surface area contributed by atoms with Gasteiger partial charge in [-0.2, -0.15) is 5.26 Å². The number of hydrogen-bond donors (Lipinski definition) is 1. The summed E-state index contributed by atoms with van der Waals surface area (Å²) in [6.07, 6.45) is 2.36. The van der Waals surface area contributed by atoms with Gasteiger partial charge in [0, 0.05) is 27.7 Å². The van der Waals surface area contributed by atoms with Gasteiger partial charge in [0.05, 0.1) is 18.2 Å². The molecule has 0 unspecified atom stereocenters. The molecule has 0 spiro atoms. The molecule has 1 amide bonds. The maximum absolute atomic E-state index is 12.7. The molecule has 1 aliphatic carbocycles. The van der Waals surface area contributed by atoms with Gasteiger partial charge in [-0.15, -0.1) is 11.3 Å². The summed E-state index contributed by atoms with van der Waals surface area (Å²) in [5.41, 5.74) is 6.63. The van der Waals surface area contributed by atoms with E-state index in [1.54, 1.807) is 17.0 Å². The summed E-state index contributed by atoms with van der Waals surface area (Å²) >= 11 is 7.38. The highest BCUT2D eigenvalue weighted by molar-refractivity contribution is 7.21. The van der Waals surface area contributed by atoms with Crippen LogP contribution in [0.25, 0.3) is 10.1 Å². The van der Waals surface area contributed by atoms with Crippen molar-refractivity contribution in [1.82, 2.24) is 4.90 Å². The topological polar surface area (TPSA) is 70.1 Å². The van der Waals surface area contributed by atoms with Gasteiger partial charge in [-0.1, -0.05) is 11.6 Å². The quantitative estimate of drug-likeness (QED) is 0.935. The van der Waals surface area contributed by atoms with Gasteiger partial charge in [0.25, 0.3) is 5.91 Å². The first kappa shape index (κ1) is 14.2. The summed E-state index contributed by atoms with van der Waals surface area (Å²) < 4.78 is 0.955. The molecule has 2 aromatic rings. The summed E-state index contributed by atoms with van der Waals surface area (Å²) in [5, 5.41) is 10.2. The SMILES string of the molecule is N#CCCN(C(=O)c1sc2ccc(Cl)cc2c1N)C1CC1. The molecule has 108 valence electrons. The Bertz CT molecular complexity index is 745. The highest BCUT2D eigenvalue weighted by atomic mass is 35.5. The second-order valence-corrected chi connectivity index (χ2v) is 6.61. The van der Waals surface area contributed by atoms with Crippen molar-refractivity contribution in [3.05, 3.63) is 28.1 Å². The first-order chi connectivity index (χ1) is 10.1. The van der Waals surface area contributed by atoms with E-state index < -0.39 is 0 Å². The van der Waals surface area contributed by atoms with Crippen LogP contribution in [0.1, 0.15) is 28.9 Å². The zero-order chi connectivity index (χ0) is 15.0. The van der Waals surface area contributed by atoms with E-state index in [1.165, 1.54) is 11.3 Å². The molecule has 0 bridgehead atoms. The number of nitriles is 1. The minimum Gasteiger partial charge on any atom is -0.397 e. The molecule has 0 saturated heterocycles. The lowest BCUT2D eigenvalue weighted by atomic mass is 10.2. The fraction of sp³-hybridized carbons (Fsp3) is 0.333. The van der Waals surface area contributed by atoms with Gasteiger partial charge in [-0.05, 0) is 31.0 Å². The Morgan fingerprint density at radius 3 is 2.95 bits per heavy atom. The zero-order valence-electron chi connectivity index (χ0n) is 11.3. The second kappa shape index (κ2) is 5.55. The second-order valence-electron chi connectivity index (χ2n) is 5.12. The third-order valence-corrected chi connectivity index (χ3v) is 5.01. The van der Waals surface area contributed by atoms with Crippen LogP contribution >= 0.6 is 22.9 Å². The van der Waals surface area contributed by atoms with Gasteiger partial charge in [-0.25, -0.2) is 0 Å². The van der Waals surface area contributed by atoms with Crippen LogP contribution < -0.4 is 5.73 Å². The van der Waals surface area contributed by atoms with Gasteiger partial charge < -0.3 is 10.6 Å².